The Bertz CT molecular complexity index is 985. The smallest absolute Gasteiger partial charge is 0.305 e. The number of rotatable bonds is 12. The highest BCUT2D eigenvalue weighted by Crippen LogP contribution is 2.18. The molecule has 0 radical (unpaired) electrons. The molecule has 36 heavy (non-hydrogen) atoms. The van der Waals surface area contributed by atoms with Gasteiger partial charge >= 0.3 is 5.97 Å². The van der Waals surface area contributed by atoms with E-state index in [0.29, 0.717) is 37.6 Å². The van der Waals surface area contributed by atoms with Gasteiger partial charge in [-0.1, -0.05) is 6.07 Å². The fraction of sp³-hybridized carbons (Fsp3) is 0.478. The Labute approximate surface area is 208 Å². The summed E-state index contributed by atoms with van der Waals surface area (Å²) in [5.41, 5.74) is 3.63. The number of carbonyl (C=O) groups is 6. The lowest BCUT2D eigenvalue weighted by molar-refractivity contribution is -0.161. The third-order valence-corrected chi connectivity index (χ3v) is 5.72. The lowest BCUT2D eigenvalue weighted by Gasteiger charge is -2.41. The van der Waals surface area contributed by atoms with Crippen molar-refractivity contribution in [1.29, 1.82) is 0 Å². The van der Waals surface area contributed by atoms with Crippen LogP contribution in [0.25, 0.3) is 0 Å². The first-order chi connectivity index (χ1) is 17.1. The maximum atomic E-state index is 12.9. The van der Waals surface area contributed by atoms with Crippen LogP contribution in [0, 0.1) is 0 Å². The van der Waals surface area contributed by atoms with Crippen molar-refractivity contribution in [3.8, 4) is 0 Å². The number of nitrogens with zero attached hydrogens (tertiary/aromatic N) is 4. The Morgan fingerprint density at radius 1 is 1.22 bits per heavy atom. The Morgan fingerprint density at radius 2 is 1.94 bits per heavy atom. The zero-order valence-electron chi connectivity index (χ0n) is 20.5. The maximum Gasteiger partial charge on any atom is 0.305 e. The first kappa shape index (κ1) is 28.2. The molecule has 2 unspecified atom stereocenters. The lowest BCUT2D eigenvalue weighted by atomic mass is 10.1. The van der Waals surface area contributed by atoms with Crippen LogP contribution in [-0.4, -0.2) is 103 Å². The van der Waals surface area contributed by atoms with E-state index in [2.05, 4.69) is 10.7 Å². The van der Waals surface area contributed by atoms with Gasteiger partial charge in [0.1, 0.15) is 12.3 Å². The minimum Gasteiger partial charge on any atom is -0.481 e. The van der Waals surface area contributed by atoms with E-state index in [1.165, 1.54) is 10.0 Å². The van der Waals surface area contributed by atoms with Crippen LogP contribution in [0.1, 0.15) is 36.0 Å². The van der Waals surface area contributed by atoms with Gasteiger partial charge in [-0.25, -0.2) is 5.01 Å². The standard InChI is InChI=1S/C23H32N6O7/c1-26(2)18-7-4-6-16(12-18)22(35)25-28(15-31)11-9-20(32)29-10-5-8-19(27(29)3)23(36)24-17(14-30)13-21(33)34/h4,6-7,12,14-15,17,19H,5,8-11,13H2,1-3H3,(H,24,36)(H,25,35)(H,33,34). The normalized spacial score (nSPS) is 16.4. The van der Waals surface area contributed by atoms with E-state index < -0.39 is 36.3 Å². The molecule has 3 N–H and O–H groups in total. The number of benzene rings is 1. The summed E-state index contributed by atoms with van der Waals surface area (Å²) in [6.07, 6.45) is 1.03. The van der Waals surface area contributed by atoms with Gasteiger partial charge in [0.25, 0.3) is 5.91 Å². The van der Waals surface area contributed by atoms with Gasteiger partial charge in [0, 0.05) is 45.4 Å². The number of hydrazine groups is 2. The summed E-state index contributed by atoms with van der Waals surface area (Å²) in [4.78, 5) is 73.3. The maximum absolute atomic E-state index is 12.9. The van der Waals surface area contributed by atoms with E-state index in [-0.39, 0.29) is 18.9 Å². The SMILES string of the molecule is CN(C)c1cccc(C(=O)NN(C=O)CCC(=O)N2CCCC(C(=O)NC(C=O)CC(=O)O)N2C)c1. The van der Waals surface area contributed by atoms with Crippen molar-refractivity contribution in [2.45, 2.75) is 37.8 Å². The molecule has 13 nitrogen and oxygen atoms in total. The van der Waals surface area contributed by atoms with Crippen molar-refractivity contribution in [3.63, 3.8) is 0 Å². The molecule has 1 heterocycles. The molecule has 4 amide bonds. The molecule has 1 fully saturated rings. The third kappa shape index (κ3) is 7.77. The van der Waals surface area contributed by atoms with Crippen LogP contribution >= 0.6 is 0 Å². The van der Waals surface area contributed by atoms with E-state index in [0.717, 1.165) is 10.7 Å². The summed E-state index contributed by atoms with van der Waals surface area (Å²) in [5, 5.41) is 15.0. The number of aldehydes is 1. The number of aliphatic carboxylic acids is 1. The number of carboxylic acid groups (broad SMARTS) is 1. The van der Waals surface area contributed by atoms with Crippen LogP contribution in [0.2, 0.25) is 0 Å². The van der Waals surface area contributed by atoms with E-state index in [1.54, 1.807) is 25.2 Å². The fourth-order valence-corrected chi connectivity index (χ4v) is 3.75. The highest BCUT2D eigenvalue weighted by atomic mass is 16.4. The third-order valence-electron chi connectivity index (χ3n) is 5.72. The first-order valence-electron chi connectivity index (χ1n) is 11.4. The van der Waals surface area contributed by atoms with Crippen molar-refractivity contribution < 1.29 is 33.9 Å². The quantitative estimate of drug-likeness (QED) is 0.246. The Morgan fingerprint density at radius 3 is 2.56 bits per heavy atom. The number of hydrogen-bond acceptors (Lipinski definition) is 8. The molecule has 0 aromatic heterocycles. The average molecular weight is 505 g/mol. The van der Waals surface area contributed by atoms with Gasteiger partial charge in [0.2, 0.25) is 18.2 Å². The predicted molar refractivity (Wildman–Crippen MR) is 128 cm³/mol. The average Bonchev–Trinajstić information content (AvgIpc) is 2.85. The molecule has 1 aromatic rings. The van der Waals surface area contributed by atoms with Gasteiger partial charge in [0.05, 0.1) is 19.0 Å². The van der Waals surface area contributed by atoms with Gasteiger partial charge in [-0.3, -0.25) is 39.4 Å². The topological polar surface area (TPSA) is 160 Å². The number of hydrogen-bond donors (Lipinski definition) is 3. The van der Waals surface area contributed by atoms with Crippen LogP contribution in [0.5, 0.6) is 0 Å². The molecular formula is C23H32N6O7. The molecule has 0 aliphatic carbocycles. The molecule has 0 bridgehead atoms. The summed E-state index contributed by atoms with van der Waals surface area (Å²) in [7, 11) is 5.22. The zero-order valence-corrected chi connectivity index (χ0v) is 20.5. The van der Waals surface area contributed by atoms with Crippen LogP contribution in [-0.2, 0) is 24.0 Å². The summed E-state index contributed by atoms with van der Waals surface area (Å²) in [6, 6.07) is 4.89. The molecule has 196 valence electrons. The Hall–Kier alpha value is -4.00. The molecule has 1 aliphatic rings. The molecule has 13 heteroatoms. The molecule has 2 atom stereocenters. The number of amides is 4. The van der Waals surface area contributed by atoms with Crippen molar-refractivity contribution >= 4 is 42.1 Å². The molecule has 0 saturated carbocycles. The van der Waals surface area contributed by atoms with Gasteiger partial charge in [0.15, 0.2) is 0 Å². The number of carboxylic acids is 1. The van der Waals surface area contributed by atoms with Gasteiger partial charge in [-0.2, -0.15) is 0 Å². The number of nitrogens with one attached hydrogen (secondary N) is 2. The number of carbonyl (C=O) groups excluding carboxylic acids is 5. The van der Waals surface area contributed by atoms with Gasteiger partial charge < -0.3 is 20.1 Å². The number of likely N-dealkylation sites (N-methyl/N-ethyl adjacent to an activating group) is 1. The summed E-state index contributed by atoms with van der Waals surface area (Å²) < 4.78 is 0. The van der Waals surface area contributed by atoms with E-state index in [4.69, 9.17) is 5.11 Å². The van der Waals surface area contributed by atoms with Crippen molar-refractivity contribution in [2.24, 2.45) is 0 Å². The second kappa shape index (κ2) is 13.2. The molecule has 1 saturated heterocycles. The van der Waals surface area contributed by atoms with Gasteiger partial charge in [-0.15, -0.1) is 0 Å². The minimum absolute atomic E-state index is 0.0888. The predicted octanol–water partition coefficient (Wildman–Crippen LogP) is -0.758. The summed E-state index contributed by atoms with van der Waals surface area (Å²) in [5.74, 6) is -2.66. The van der Waals surface area contributed by atoms with Crippen LogP contribution in [0.4, 0.5) is 5.69 Å². The minimum atomic E-state index is -1.22. The van der Waals surface area contributed by atoms with Crippen LogP contribution < -0.4 is 15.6 Å². The number of anilines is 1. The Balaban J connectivity index is 1.94. The molecule has 1 aromatic carbocycles. The Kier molecular flexibility index (Phi) is 10.3. The molecule has 1 aliphatic heterocycles. The zero-order chi connectivity index (χ0) is 26.8. The van der Waals surface area contributed by atoms with Crippen LogP contribution in [0.15, 0.2) is 24.3 Å². The van der Waals surface area contributed by atoms with Crippen molar-refractivity contribution in [1.82, 2.24) is 25.8 Å². The highest BCUT2D eigenvalue weighted by Gasteiger charge is 2.34. The lowest BCUT2D eigenvalue weighted by Crippen LogP contribution is -2.59. The van der Waals surface area contributed by atoms with E-state index in [1.807, 2.05) is 25.1 Å². The van der Waals surface area contributed by atoms with Crippen molar-refractivity contribution in [2.75, 3.05) is 39.1 Å². The molecule has 0 spiro atoms. The van der Waals surface area contributed by atoms with Crippen molar-refractivity contribution in [3.05, 3.63) is 29.8 Å². The van der Waals surface area contributed by atoms with E-state index >= 15 is 0 Å². The largest absolute Gasteiger partial charge is 0.481 e. The molecular weight excluding hydrogens is 472 g/mol. The fourth-order valence-electron chi connectivity index (χ4n) is 3.75. The molecule has 2 rings (SSSR count). The second-order valence-corrected chi connectivity index (χ2v) is 8.53. The highest BCUT2D eigenvalue weighted by molar-refractivity contribution is 5.95. The van der Waals surface area contributed by atoms with E-state index in [9.17, 15) is 28.8 Å². The second-order valence-electron chi connectivity index (χ2n) is 8.53. The van der Waals surface area contributed by atoms with Crippen LogP contribution in [0.3, 0.4) is 0 Å². The first-order valence-corrected chi connectivity index (χ1v) is 11.4. The van der Waals surface area contributed by atoms with Gasteiger partial charge in [-0.05, 0) is 31.0 Å². The summed E-state index contributed by atoms with van der Waals surface area (Å²) >= 11 is 0. The summed E-state index contributed by atoms with van der Waals surface area (Å²) in [6.45, 7) is 0.255. The monoisotopic (exact) mass is 504 g/mol.